The first-order valence-corrected chi connectivity index (χ1v) is 4.82. The molecule has 1 N–H and O–H groups in total. The van der Waals surface area contributed by atoms with Crippen molar-refractivity contribution in [2.75, 3.05) is 13.1 Å². The van der Waals surface area contributed by atoms with E-state index in [1.807, 2.05) is 0 Å². The average Bonchev–Trinajstić information content (AvgIpc) is 2.14. The summed E-state index contributed by atoms with van der Waals surface area (Å²) in [5.41, 5.74) is -1.35. The Kier molecular flexibility index (Phi) is 2.53. The molecule has 0 amide bonds. The molecule has 88 valence electrons. The minimum atomic E-state index is -4.41. The van der Waals surface area contributed by atoms with Gasteiger partial charge in [-0.05, 0) is 13.0 Å². The molecule has 0 bridgehead atoms. The van der Waals surface area contributed by atoms with Crippen molar-refractivity contribution in [1.82, 2.24) is 10.3 Å². The van der Waals surface area contributed by atoms with Crippen molar-refractivity contribution in [1.29, 1.82) is 0 Å². The molecule has 0 radical (unpaired) electrons. The Morgan fingerprint density at radius 1 is 1.44 bits per heavy atom. The molecule has 0 aliphatic carbocycles. The van der Waals surface area contributed by atoms with Gasteiger partial charge in [-0.3, -0.25) is 4.98 Å². The number of hydrogen-bond acceptors (Lipinski definition) is 3. The van der Waals surface area contributed by atoms with Crippen LogP contribution in [0.2, 0.25) is 0 Å². The van der Waals surface area contributed by atoms with E-state index < -0.39 is 17.3 Å². The molecule has 0 saturated carbocycles. The molecule has 16 heavy (non-hydrogen) atoms. The quantitative estimate of drug-likeness (QED) is 0.844. The predicted octanol–water partition coefficient (Wildman–Crippen LogP) is 1.84. The lowest BCUT2D eigenvalue weighted by molar-refractivity contribution is -0.140. The van der Waals surface area contributed by atoms with Gasteiger partial charge in [-0.2, -0.15) is 13.2 Å². The Bertz CT molecular complexity index is 388. The number of alkyl halides is 3. The third-order valence-corrected chi connectivity index (χ3v) is 2.44. The lowest BCUT2D eigenvalue weighted by Gasteiger charge is -2.39. The molecule has 3 nitrogen and oxygen atoms in total. The smallest absolute Gasteiger partial charge is 0.420 e. The van der Waals surface area contributed by atoms with E-state index in [1.54, 1.807) is 6.92 Å². The average molecular weight is 232 g/mol. The van der Waals surface area contributed by atoms with Gasteiger partial charge in [0.1, 0.15) is 11.2 Å². The monoisotopic (exact) mass is 232 g/mol. The van der Waals surface area contributed by atoms with Crippen LogP contribution in [0.5, 0.6) is 5.75 Å². The Balaban J connectivity index is 2.26. The maximum atomic E-state index is 12.6. The fraction of sp³-hybridized carbons (Fsp3) is 0.500. The molecule has 1 saturated heterocycles. The van der Waals surface area contributed by atoms with Crippen molar-refractivity contribution < 1.29 is 17.9 Å². The second-order valence-electron chi connectivity index (χ2n) is 4.03. The molecule has 2 rings (SSSR count). The van der Waals surface area contributed by atoms with Gasteiger partial charge in [0.2, 0.25) is 0 Å². The minimum absolute atomic E-state index is 0.209. The number of pyridine rings is 1. The van der Waals surface area contributed by atoms with Crippen LogP contribution in [0.15, 0.2) is 18.5 Å². The summed E-state index contributed by atoms with van der Waals surface area (Å²) < 4.78 is 43.2. The maximum Gasteiger partial charge on any atom is 0.420 e. The zero-order valence-electron chi connectivity index (χ0n) is 8.64. The van der Waals surface area contributed by atoms with Gasteiger partial charge in [-0.15, -0.1) is 0 Å². The highest BCUT2D eigenvalue weighted by molar-refractivity contribution is 5.33. The highest BCUT2D eigenvalue weighted by Crippen LogP contribution is 2.37. The van der Waals surface area contributed by atoms with E-state index in [0.29, 0.717) is 13.1 Å². The summed E-state index contributed by atoms with van der Waals surface area (Å²) in [5, 5.41) is 2.95. The van der Waals surface area contributed by atoms with Crippen LogP contribution in [0, 0.1) is 0 Å². The molecule has 1 aromatic rings. The SMILES string of the molecule is CC1(Oc2cnccc2C(F)(F)F)CNC1. The molecular weight excluding hydrogens is 221 g/mol. The highest BCUT2D eigenvalue weighted by Gasteiger charge is 2.39. The number of ether oxygens (including phenoxy) is 1. The van der Waals surface area contributed by atoms with Gasteiger partial charge in [0.15, 0.2) is 5.75 Å². The van der Waals surface area contributed by atoms with Gasteiger partial charge < -0.3 is 10.1 Å². The number of rotatable bonds is 2. The van der Waals surface area contributed by atoms with Crippen molar-refractivity contribution in [3.8, 4) is 5.75 Å². The third kappa shape index (κ3) is 2.11. The molecule has 1 aliphatic rings. The van der Waals surface area contributed by atoms with Crippen molar-refractivity contribution in [2.24, 2.45) is 0 Å². The van der Waals surface area contributed by atoms with Crippen molar-refractivity contribution in [3.05, 3.63) is 24.0 Å². The van der Waals surface area contributed by atoms with Crippen molar-refractivity contribution in [3.63, 3.8) is 0 Å². The number of halogens is 3. The number of aromatic nitrogens is 1. The first kappa shape index (κ1) is 11.2. The second-order valence-corrected chi connectivity index (χ2v) is 4.03. The molecule has 1 fully saturated rings. The summed E-state index contributed by atoms with van der Waals surface area (Å²) in [7, 11) is 0. The summed E-state index contributed by atoms with van der Waals surface area (Å²) in [5.74, 6) is -0.209. The summed E-state index contributed by atoms with van der Waals surface area (Å²) in [6, 6.07) is 0.921. The molecule has 0 unspecified atom stereocenters. The standard InChI is InChI=1S/C10H11F3N2O/c1-9(5-15-6-9)16-8-4-14-3-2-7(8)10(11,12)13/h2-4,15H,5-6H2,1H3. The number of nitrogens with zero attached hydrogens (tertiary/aromatic N) is 1. The molecule has 0 atom stereocenters. The lowest BCUT2D eigenvalue weighted by Crippen LogP contribution is -2.61. The molecule has 6 heteroatoms. The van der Waals surface area contributed by atoms with Crippen molar-refractivity contribution in [2.45, 2.75) is 18.7 Å². The normalized spacial score (nSPS) is 19.0. The van der Waals surface area contributed by atoms with Gasteiger partial charge in [0.05, 0.1) is 6.20 Å². The van der Waals surface area contributed by atoms with E-state index in [9.17, 15) is 13.2 Å². The zero-order chi connectivity index (χ0) is 11.8. The molecular formula is C10H11F3N2O. The molecule has 2 heterocycles. The molecule has 1 aliphatic heterocycles. The fourth-order valence-corrected chi connectivity index (χ4v) is 1.51. The van der Waals surface area contributed by atoms with Gasteiger partial charge in [-0.1, -0.05) is 0 Å². The zero-order valence-corrected chi connectivity index (χ0v) is 8.64. The van der Waals surface area contributed by atoms with Crippen LogP contribution >= 0.6 is 0 Å². The van der Waals surface area contributed by atoms with Crippen LogP contribution < -0.4 is 10.1 Å². The van der Waals surface area contributed by atoms with Crippen LogP contribution in [-0.4, -0.2) is 23.7 Å². The summed E-state index contributed by atoms with van der Waals surface area (Å²) in [4.78, 5) is 3.66. The molecule has 0 spiro atoms. The van der Waals surface area contributed by atoms with Gasteiger partial charge >= 0.3 is 6.18 Å². The number of hydrogen-bond donors (Lipinski definition) is 1. The minimum Gasteiger partial charge on any atom is -0.483 e. The first-order chi connectivity index (χ1) is 7.41. The van der Waals surface area contributed by atoms with Crippen molar-refractivity contribution >= 4 is 0 Å². The van der Waals surface area contributed by atoms with Crippen LogP contribution in [0.1, 0.15) is 12.5 Å². The third-order valence-electron chi connectivity index (χ3n) is 2.44. The van der Waals surface area contributed by atoms with E-state index in [0.717, 1.165) is 18.5 Å². The van der Waals surface area contributed by atoms with E-state index in [2.05, 4.69) is 10.3 Å². The Morgan fingerprint density at radius 3 is 2.62 bits per heavy atom. The van der Waals surface area contributed by atoms with E-state index in [4.69, 9.17) is 4.74 Å². The molecule has 0 aromatic carbocycles. The predicted molar refractivity (Wildman–Crippen MR) is 51.1 cm³/mol. The Morgan fingerprint density at radius 2 is 2.12 bits per heavy atom. The van der Waals surface area contributed by atoms with Crippen LogP contribution in [0.4, 0.5) is 13.2 Å². The van der Waals surface area contributed by atoms with Crippen LogP contribution in [0.3, 0.4) is 0 Å². The van der Waals surface area contributed by atoms with Gasteiger partial charge in [-0.25, -0.2) is 0 Å². The summed E-state index contributed by atoms with van der Waals surface area (Å²) in [6.07, 6.45) is -2.20. The largest absolute Gasteiger partial charge is 0.483 e. The van der Waals surface area contributed by atoms with E-state index in [-0.39, 0.29) is 5.75 Å². The van der Waals surface area contributed by atoms with Gasteiger partial charge in [0, 0.05) is 19.3 Å². The first-order valence-electron chi connectivity index (χ1n) is 4.82. The number of nitrogens with one attached hydrogen (secondary N) is 1. The maximum absolute atomic E-state index is 12.6. The summed E-state index contributed by atoms with van der Waals surface area (Å²) in [6.45, 7) is 2.84. The lowest BCUT2D eigenvalue weighted by atomic mass is 10.00. The van der Waals surface area contributed by atoms with E-state index in [1.165, 1.54) is 0 Å². The second kappa shape index (κ2) is 3.62. The van der Waals surface area contributed by atoms with E-state index >= 15 is 0 Å². The van der Waals surface area contributed by atoms with Crippen LogP contribution in [0.25, 0.3) is 0 Å². The summed E-state index contributed by atoms with van der Waals surface area (Å²) >= 11 is 0. The van der Waals surface area contributed by atoms with Gasteiger partial charge in [0.25, 0.3) is 0 Å². The molecule has 1 aromatic heterocycles. The Hall–Kier alpha value is -1.30. The topological polar surface area (TPSA) is 34.1 Å². The van der Waals surface area contributed by atoms with Crippen LogP contribution in [-0.2, 0) is 6.18 Å². The highest BCUT2D eigenvalue weighted by atomic mass is 19.4. The Labute approximate surface area is 90.6 Å². The fourth-order valence-electron chi connectivity index (χ4n) is 1.51.